The van der Waals surface area contributed by atoms with Crippen LogP contribution in [-0.2, 0) is 4.79 Å². The Bertz CT molecular complexity index is 905. The van der Waals surface area contributed by atoms with Crippen LogP contribution in [0, 0.1) is 0 Å². The van der Waals surface area contributed by atoms with E-state index in [1.54, 1.807) is 0 Å². The molecule has 3 nitrogen and oxygen atoms in total. The summed E-state index contributed by atoms with van der Waals surface area (Å²) < 4.78 is 0. The molecule has 0 aliphatic carbocycles. The Balaban J connectivity index is 1.68. The molecule has 0 radical (unpaired) electrons. The van der Waals surface area contributed by atoms with Crippen molar-refractivity contribution in [3.63, 3.8) is 0 Å². The number of likely N-dealkylation sites (tertiary alicyclic amines) is 1. The second-order valence-electron chi connectivity index (χ2n) is 6.84. The summed E-state index contributed by atoms with van der Waals surface area (Å²) >= 11 is 0. The van der Waals surface area contributed by atoms with Crippen molar-refractivity contribution in [3.8, 4) is 0 Å². The first-order chi connectivity index (χ1) is 13.2. The van der Waals surface area contributed by atoms with Crippen molar-refractivity contribution in [1.29, 1.82) is 0 Å². The Morgan fingerprint density at radius 1 is 0.852 bits per heavy atom. The lowest BCUT2D eigenvalue weighted by atomic mass is 10.0. The molecule has 134 valence electrons. The van der Waals surface area contributed by atoms with E-state index in [9.17, 15) is 4.79 Å². The van der Waals surface area contributed by atoms with Gasteiger partial charge in [-0.2, -0.15) is 0 Å². The number of carbonyl (C=O) groups is 1. The Kier molecular flexibility index (Phi) is 4.84. The van der Waals surface area contributed by atoms with Gasteiger partial charge in [-0.05, 0) is 24.1 Å². The molecule has 0 bridgehead atoms. The molecule has 27 heavy (non-hydrogen) atoms. The molecular formula is C24H22N2O. The number of hydrogen-bond donors (Lipinski definition) is 0. The third kappa shape index (κ3) is 3.68. The van der Waals surface area contributed by atoms with Gasteiger partial charge in [0.1, 0.15) is 0 Å². The third-order valence-corrected chi connectivity index (χ3v) is 5.11. The van der Waals surface area contributed by atoms with Crippen molar-refractivity contribution < 1.29 is 4.79 Å². The molecule has 1 unspecified atom stereocenters. The number of carbonyl (C=O) groups excluding carboxylic acids is 1. The van der Waals surface area contributed by atoms with Crippen LogP contribution < -0.4 is 0 Å². The van der Waals surface area contributed by atoms with E-state index in [1.165, 1.54) is 5.56 Å². The molecule has 3 aromatic carbocycles. The van der Waals surface area contributed by atoms with Crippen molar-refractivity contribution in [3.05, 3.63) is 102 Å². The van der Waals surface area contributed by atoms with Gasteiger partial charge in [-0.3, -0.25) is 4.79 Å². The highest BCUT2D eigenvalue weighted by Gasteiger charge is 2.28. The summed E-state index contributed by atoms with van der Waals surface area (Å²) in [5, 5.41) is 0. The second kappa shape index (κ2) is 7.58. The largest absolute Gasteiger partial charge is 0.339 e. The molecule has 1 aliphatic heterocycles. The van der Waals surface area contributed by atoms with Gasteiger partial charge in [0.05, 0.1) is 17.4 Å². The first kappa shape index (κ1) is 17.2. The van der Waals surface area contributed by atoms with E-state index in [2.05, 4.69) is 36.4 Å². The zero-order valence-corrected chi connectivity index (χ0v) is 15.4. The smallest absolute Gasteiger partial charge is 0.222 e. The van der Waals surface area contributed by atoms with Gasteiger partial charge in [0, 0.05) is 24.6 Å². The number of benzene rings is 3. The summed E-state index contributed by atoms with van der Waals surface area (Å²) in [6, 6.07) is 28.9. The van der Waals surface area contributed by atoms with Crippen LogP contribution in [0.3, 0.4) is 0 Å². The van der Waals surface area contributed by atoms with Gasteiger partial charge >= 0.3 is 0 Å². The minimum absolute atomic E-state index is 0.179. The average molecular weight is 354 g/mol. The summed E-state index contributed by atoms with van der Waals surface area (Å²) in [4.78, 5) is 18.6. The highest BCUT2D eigenvalue weighted by atomic mass is 16.2. The van der Waals surface area contributed by atoms with Crippen molar-refractivity contribution in [1.82, 2.24) is 4.90 Å². The first-order valence-electron chi connectivity index (χ1n) is 9.27. The molecule has 0 aromatic heterocycles. The minimum atomic E-state index is 0.179. The predicted octanol–water partition coefficient (Wildman–Crippen LogP) is 5.15. The lowest BCUT2D eigenvalue weighted by Gasteiger charge is -2.20. The van der Waals surface area contributed by atoms with Crippen LogP contribution in [0.15, 0.2) is 89.9 Å². The normalized spacial score (nSPS) is 16.4. The van der Waals surface area contributed by atoms with Crippen LogP contribution in [0.1, 0.15) is 35.6 Å². The molecular weight excluding hydrogens is 332 g/mol. The fraction of sp³-hybridized carbons (Fsp3) is 0.167. The summed E-state index contributed by atoms with van der Waals surface area (Å²) in [7, 11) is 1.88. The molecule has 3 heteroatoms. The van der Waals surface area contributed by atoms with Crippen molar-refractivity contribution in [2.24, 2.45) is 4.99 Å². The van der Waals surface area contributed by atoms with Crippen LogP contribution >= 0.6 is 0 Å². The highest BCUT2D eigenvalue weighted by Crippen LogP contribution is 2.32. The topological polar surface area (TPSA) is 32.7 Å². The minimum Gasteiger partial charge on any atom is -0.339 e. The Labute approximate surface area is 160 Å². The standard InChI is InChI=1S/C24H22N2O/c1-26-22(16-17-23(26)27)18-12-14-21(15-13-18)25-24(19-8-4-2-5-9-19)20-10-6-3-7-11-20/h2-15,22H,16-17H2,1H3. The molecule has 1 atom stereocenters. The molecule has 0 N–H and O–H groups in total. The Morgan fingerprint density at radius 2 is 1.41 bits per heavy atom. The molecule has 1 fully saturated rings. The van der Waals surface area contributed by atoms with Gasteiger partial charge in [0.15, 0.2) is 0 Å². The van der Waals surface area contributed by atoms with Crippen molar-refractivity contribution in [2.75, 3.05) is 7.05 Å². The van der Waals surface area contributed by atoms with Gasteiger partial charge in [-0.25, -0.2) is 4.99 Å². The van der Waals surface area contributed by atoms with Crippen molar-refractivity contribution >= 4 is 17.3 Å². The van der Waals surface area contributed by atoms with Crippen LogP contribution in [0.25, 0.3) is 0 Å². The van der Waals surface area contributed by atoms with Gasteiger partial charge in [0.25, 0.3) is 0 Å². The summed E-state index contributed by atoms with van der Waals surface area (Å²) in [5.74, 6) is 0.220. The van der Waals surface area contributed by atoms with Crippen molar-refractivity contribution in [2.45, 2.75) is 18.9 Å². The van der Waals surface area contributed by atoms with E-state index in [1.807, 2.05) is 60.5 Å². The molecule has 4 rings (SSSR count). The Morgan fingerprint density at radius 3 is 1.89 bits per heavy atom. The maximum absolute atomic E-state index is 11.8. The molecule has 3 aromatic rings. The summed E-state index contributed by atoms with van der Waals surface area (Å²) in [6.07, 6.45) is 1.52. The van der Waals surface area contributed by atoms with E-state index in [0.29, 0.717) is 6.42 Å². The van der Waals surface area contributed by atoms with Crippen LogP contribution in [0.5, 0.6) is 0 Å². The van der Waals surface area contributed by atoms with Gasteiger partial charge in [-0.1, -0.05) is 72.8 Å². The van der Waals surface area contributed by atoms with Gasteiger partial charge < -0.3 is 4.90 Å². The molecule has 1 amide bonds. The third-order valence-electron chi connectivity index (χ3n) is 5.11. The zero-order chi connectivity index (χ0) is 18.6. The first-order valence-corrected chi connectivity index (χ1v) is 9.27. The van der Waals surface area contributed by atoms with E-state index >= 15 is 0 Å². The van der Waals surface area contributed by atoms with Gasteiger partial charge in [0.2, 0.25) is 5.91 Å². The van der Waals surface area contributed by atoms with E-state index < -0.39 is 0 Å². The molecule has 1 aliphatic rings. The lowest BCUT2D eigenvalue weighted by molar-refractivity contribution is -0.127. The zero-order valence-electron chi connectivity index (χ0n) is 15.4. The van der Waals surface area contributed by atoms with Crippen LogP contribution in [-0.4, -0.2) is 23.6 Å². The van der Waals surface area contributed by atoms with Crippen LogP contribution in [0.2, 0.25) is 0 Å². The predicted molar refractivity (Wildman–Crippen MR) is 109 cm³/mol. The summed E-state index contributed by atoms with van der Waals surface area (Å²) in [6.45, 7) is 0. The molecule has 0 spiro atoms. The number of hydrogen-bond acceptors (Lipinski definition) is 2. The Hall–Kier alpha value is -3.20. The SMILES string of the molecule is CN1C(=O)CCC1c1ccc(N=C(c2ccccc2)c2ccccc2)cc1. The fourth-order valence-corrected chi connectivity index (χ4v) is 3.58. The molecule has 1 heterocycles. The maximum atomic E-state index is 11.8. The lowest BCUT2D eigenvalue weighted by Crippen LogP contribution is -2.22. The number of aliphatic imine (C=N–C) groups is 1. The molecule has 1 saturated heterocycles. The quantitative estimate of drug-likeness (QED) is 0.597. The average Bonchev–Trinajstić information content (AvgIpc) is 3.06. The van der Waals surface area contributed by atoms with Gasteiger partial charge in [-0.15, -0.1) is 0 Å². The van der Waals surface area contributed by atoms with E-state index in [-0.39, 0.29) is 11.9 Å². The summed E-state index contributed by atoms with van der Waals surface area (Å²) in [5.41, 5.74) is 5.22. The van der Waals surface area contributed by atoms with E-state index in [0.717, 1.165) is 28.9 Å². The number of rotatable bonds is 4. The fourth-order valence-electron chi connectivity index (χ4n) is 3.58. The molecule has 0 saturated carbocycles. The number of amides is 1. The second-order valence-corrected chi connectivity index (χ2v) is 6.84. The highest BCUT2D eigenvalue weighted by molar-refractivity contribution is 6.13. The maximum Gasteiger partial charge on any atom is 0.222 e. The van der Waals surface area contributed by atoms with Crippen LogP contribution in [0.4, 0.5) is 5.69 Å². The van der Waals surface area contributed by atoms with E-state index in [4.69, 9.17) is 4.99 Å². The number of nitrogens with zero attached hydrogens (tertiary/aromatic N) is 2. The monoisotopic (exact) mass is 354 g/mol.